The lowest BCUT2D eigenvalue weighted by Crippen LogP contribution is -2.41. The van der Waals surface area contributed by atoms with Crippen LogP contribution in [0.1, 0.15) is 12.0 Å². The molecule has 1 amide bonds. The Hall–Kier alpha value is -0.240. The van der Waals surface area contributed by atoms with Gasteiger partial charge < -0.3 is 4.90 Å². The topological polar surface area (TPSA) is 32.3 Å². The minimum atomic E-state index is -2.77. The molecule has 0 aromatic carbocycles. The fourth-order valence-corrected chi connectivity index (χ4v) is 3.14. The second kappa shape index (κ2) is 6.47. The van der Waals surface area contributed by atoms with E-state index in [-0.39, 0.29) is 18.3 Å². The second-order valence-corrected chi connectivity index (χ2v) is 6.74. The maximum Gasteiger partial charge on any atom is 0.262 e. The molecule has 8 heteroatoms. The summed E-state index contributed by atoms with van der Waals surface area (Å²) < 4.78 is 27.0. The molecule has 0 aliphatic carbocycles. The van der Waals surface area contributed by atoms with Crippen LogP contribution in [0.15, 0.2) is 15.2 Å². The van der Waals surface area contributed by atoms with Crippen LogP contribution in [0.2, 0.25) is 0 Å². The van der Waals surface area contributed by atoms with Crippen LogP contribution in [0.5, 0.6) is 0 Å². The van der Waals surface area contributed by atoms with Crippen LogP contribution >= 0.6 is 39.7 Å². The number of rotatable bonds is 3. The summed E-state index contributed by atoms with van der Waals surface area (Å²) in [5, 5.41) is 4.51. The predicted molar refractivity (Wildman–Crippen MR) is 77.1 cm³/mol. The predicted octanol–water partition coefficient (Wildman–Crippen LogP) is 2.89. The molecule has 0 saturated carbocycles. The number of carbonyl (C=O) groups is 1. The van der Waals surface area contributed by atoms with Crippen molar-refractivity contribution in [1.29, 1.82) is 0 Å². The Morgan fingerprint density at radius 2 is 2.37 bits per heavy atom. The molecule has 0 radical (unpaired) electrons. The number of likely N-dealkylation sites (N-methyl/N-ethyl adjacent to an activating group) is 1. The van der Waals surface area contributed by atoms with Crippen LogP contribution in [-0.2, 0) is 11.3 Å². The summed E-state index contributed by atoms with van der Waals surface area (Å²) in [7, 11) is 1.63. The van der Waals surface area contributed by atoms with Crippen molar-refractivity contribution in [1.82, 2.24) is 10.2 Å². The van der Waals surface area contributed by atoms with Crippen molar-refractivity contribution in [2.75, 3.05) is 13.6 Å². The van der Waals surface area contributed by atoms with Crippen molar-refractivity contribution in [2.45, 2.75) is 24.9 Å². The molecule has 0 bridgehead atoms. The minimum absolute atomic E-state index is 0. The van der Waals surface area contributed by atoms with Gasteiger partial charge in [0.15, 0.2) is 0 Å². The van der Waals surface area contributed by atoms with Crippen molar-refractivity contribution in [3.8, 4) is 0 Å². The number of thiophene rings is 1. The zero-order valence-electron chi connectivity index (χ0n) is 10.2. The highest BCUT2D eigenvalue weighted by Crippen LogP contribution is 2.26. The first-order valence-electron chi connectivity index (χ1n) is 5.46. The van der Waals surface area contributed by atoms with E-state index < -0.39 is 24.9 Å². The van der Waals surface area contributed by atoms with Crippen LogP contribution in [-0.4, -0.2) is 36.4 Å². The van der Waals surface area contributed by atoms with Gasteiger partial charge in [-0.15, -0.1) is 23.7 Å². The normalized spacial score (nSPS) is 20.9. The molecule has 1 aromatic heterocycles. The molecule has 1 aromatic rings. The van der Waals surface area contributed by atoms with E-state index in [9.17, 15) is 13.6 Å². The number of amides is 1. The molecule has 3 nitrogen and oxygen atoms in total. The van der Waals surface area contributed by atoms with Gasteiger partial charge in [0.25, 0.3) is 5.92 Å². The molecular weight excluding hydrogens is 362 g/mol. The average Bonchev–Trinajstić information content (AvgIpc) is 2.83. The van der Waals surface area contributed by atoms with E-state index in [1.54, 1.807) is 7.05 Å². The van der Waals surface area contributed by atoms with E-state index in [2.05, 4.69) is 21.2 Å². The molecule has 19 heavy (non-hydrogen) atoms. The molecule has 0 spiro atoms. The van der Waals surface area contributed by atoms with Crippen LogP contribution < -0.4 is 5.32 Å². The first-order valence-corrected chi connectivity index (χ1v) is 7.14. The molecule has 108 valence electrons. The molecule has 1 N–H and O–H groups in total. The summed E-state index contributed by atoms with van der Waals surface area (Å²) in [6, 6.07) is 1.15. The number of hydrogen-bond donors (Lipinski definition) is 1. The van der Waals surface area contributed by atoms with Gasteiger partial charge in [-0.1, -0.05) is 0 Å². The van der Waals surface area contributed by atoms with Crippen LogP contribution in [0, 0.1) is 0 Å². The van der Waals surface area contributed by atoms with Crippen molar-refractivity contribution in [2.24, 2.45) is 0 Å². The third-order valence-corrected chi connectivity index (χ3v) is 4.38. The Balaban J connectivity index is 0.00000180. The smallest absolute Gasteiger partial charge is 0.262 e. The Bertz CT molecular complexity index is 458. The molecule has 2 rings (SSSR count). The zero-order chi connectivity index (χ0) is 13.3. The Morgan fingerprint density at radius 3 is 2.84 bits per heavy atom. The van der Waals surface area contributed by atoms with Gasteiger partial charge in [0.2, 0.25) is 5.91 Å². The quantitative estimate of drug-likeness (QED) is 0.881. The average molecular weight is 376 g/mol. The fraction of sp³-hybridized carbons (Fsp3) is 0.545. The third kappa shape index (κ3) is 4.37. The lowest BCUT2D eigenvalue weighted by atomic mass is 10.1. The van der Waals surface area contributed by atoms with Gasteiger partial charge in [-0.2, -0.15) is 0 Å². The molecular formula is C11H14BrClF2N2OS. The maximum absolute atomic E-state index is 13.0. The molecule has 1 aliphatic rings. The number of nitrogens with one attached hydrogen (secondary N) is 1. The van der Waals surface area contributed by atoms with E-state index in [1.807, 2.05) is 11.4 Å². The molecule has 1 saturated heterocycles. The summed E-state index contributed by atoms with van der Waals surface area (Å²) in [5.74, 6) is -3.05. The Morgan fingerprint density at radius 1 is 1.68 bits per heavy atom. The molecule has 1 atom stereocenters. The van der Waals surface area contributed by atoms with E-state index in [4.69, 9.17) is 0 Å². The molecule has 2 heterocycles. The maximum atomic E-state index is 13.0. The third-order valence-electron chi connectivity index (χ3n) is 2.83. The van der Waals surface area contributed by atoms with Crippen molar-refractivity contribution in [3.63, 3.8) is 0 Å². The number of carbonyl (C=O) groups excluding carboxylic acids is 1. The highest BCUT2D eigenvalue weighted by Gasteiger charge is 2.43. The largest absolute Gasteiger partial charge is 0.340 e. The Kier molecular flexibility index (Phi) is 5.73. The summed E-state index contributed by atoms with van der Waals surface area (Å²) in [4.78, 5) is 13.4. The van der Waals surface area contributed by atoms with Gasteiger partial charge in [-0.05, 0) is 32.9 Å². The molecule has 1 fully saturated rings. The standard InChI is InChI=1S/C11H13BrF2N2OS.ClH/c1-16(4-7-2-9(12)18-5-7)10(17)8-3-11(13,14)6-15-8;/h2,5,8,15H,3-4,6H2,1H3;1H. The van der Waals surface area contributed by atoms with E-state index in [0.29, 0.717) is 6.54 Å². The number of nitrogens with zero attached hydrogens (tertiary/aromatic N) is 1. The van der Waals surface area contributed by atoms with E-state index in [0.717, 1.165) is 9.35 Å². The van der Waals surface area contributed by atoms with Crippen molar-refractivity contribution in [3.05, 3.63) is 20.8 Å². The van der Waals surface area contributed by atoms with Crippen LogP contribution in [0.4, 0.5) is 8.78 Å². The van der Waals surface area contributed by atoms with Crippen LogP contribution in [0.3, 0.4) is 0 Å². The summed E-state index contributed by atoms with van der Waals surface area (Å²) >= 11 is 4.88. The molecule has 1 aliphatic heterocycles. The molecule has 1 unspecified atom stereocenters. The monoisotopic (exact) mass is 374 g/mol. The minimum Gasteiger partial charge on any atom is -0.340 e. The SMILES string of the molecule is CN(Cc1csc(Br)c1)C(=O)C1CC(F)(F)CN1.Cl. The number of hydrogen-bond acceptors (Lipinski definition) is 3. The van der Waals surface area contributed by atoms with Crippen molar-refractivity contribution >= 4 is 45.6 Å². The van der Waals surface area contributed by atoms with Crippen LogP contribution in [0.25, 0.3) is 0 Å². The lowest BCUT2D eigenvalue weighted by molar-refractivity contribution is -0.132. The van der Waals surface area contributed by atoms with Gasteiger partial charge in [-0.25, -0.2) is 8.78 Å². The number of alkyl halides is 2. The number of halogens is 4. The first-order chi connectivity index (χ1) is 8.37. The first kappa shape index (κ1) is 16.8. The Labute approximate surface area is 128 Å². The summed E-state index contributed by atoms with van der Waals surface area (Å²) in [6.07, 6.45) is -0.413. The van der Waals surface area contributed by atoms with Gasteiger partial charge >= 0.3 is 0 Å². The van der Waals surface area contributed by atoms with Gasteiger partial charge in [0.05, 0.1) is 16.4 Å². The van der Waals surface area contributed by atoms with Gasteiger partial charge in [0, 0.05) is 20.0 Å². The summed E-state index contributed by atoms with van der Waals surface area (Å²) in [5.41, 5.74) is 0.993. The highest BCUT2D eigenvalue weighted by molar-refractivity contribution is 9.11. The van der Waals surface area contributed by atoms with Gasteiger partial charge in [-0.3, -0.25) is 10.1 Å². The van der Waals surface area contributed by atoms with Crippen molar-refractivity contribution < 1.29 is 13.6 Å². The highest BCUT2D eigenvalue weighted by atomic mass is 79.9. The summed E-state index contributed by atoms with van der Waals surface area (Å²) in [6.45, 7) is 0.0198. The van der Waals surface area contributed by atoms with Gasteiger partial charge in [0.1, 0.15) is 0 Å². The van der Waals surface area contributed by atoms with E-state index >= 15 is 0 Å². The fourth-order valence-electron chi connectivity index (χ4n) is 1.94. The zero-order valence-corrected chi connectivity index (χ0v) is 13.4. The van der Waals surface area contributed by atoms with E-state index in [1.165, 1.54) is 16.2 Å². The second-order valence-electron chi connectivity index (χ2n) is 4.45. The lowest BCUT2D eigenvalue weighted by Gasteiger charge is -2.20.